The minimum atomic E-state index is -4.74. The summed E-state index contributed by atoms with van der Waals surface area (Å²) in [6.07, 6.45) is -4.74. The van der Waals surface area contributed by atoms with E-state index >= 15 is 0 Å². The topological polar surface area (TPSA) is 137 Å². The number of anilines is 1. The standard InChI is InChI=1S/C21H15Cl2F3N2O5S.C7H8O2/c1-32-12-3-7-19(16(23)9-12)33-18-6-2-11(21(24,25)26)8-14(18)20(29)28-17-5-4-13(10-15(17)22)34(27,30)31;1-9-7-5-3-2-4-6(7)8/h2-10H,1H3,(H,28,29)(H2,27,30,31);2-5,8H,1H3. The van der Waals surface area contributed by atoms with Gasteiger partial charge in [-0.3, -0.25) is 4.79 Å². The van der Waals surface area contributed by atoms with Crippen LogP contribution >= 0.6 is 23.2 Å². The Labute approximate surface area is 254 Å². The third-order valence-corrected chi connectivity index (χ3v) is 7.03. The molecule has 0 aliphatic carbocycles. The van der Waals surface area contributed by atoms with Gasteiger partial charge in [-0.25, -0.2) is 13.6 Å². The van der Waals surface area contributed by atoms with Crippen molar-refractivity contribution in [2.24, 2.45) is 5.14 Å². The molecular weight excluding hydrogens is 636 g/mol. The van der Waals surface area contributed by atoms with E-state index in [1.54, 1.807) is 24.3 Å². The lowest BCUT2D eigenvalue weighted by molar-refractivity contribution is -0.137. The van der Waals surface area contributed by atoms with Crippen molar-refractivity contribution >= 4 is 44.8 Å². The Bertz CT molecular complexity index is 1740. The Morgan fingerprint density at radius 1 is 0.860 bits per heavy atom. The molecule has 0 radical (unpaired) electrons. The molecule has 1 amide bonds. The van der Waals surface area contributed by atoms with Crippen LogP contribution in [0.5, 0.6) is 28.7 Å². The number of ether oxygens (including phenoxy) is 3. The molecule has 9 nitrogen and oxygen atoms in total. The fourth-order valence-corrected chi connectivity index (χ4v) is 4.42. The van der Waals surface area contributed by atoms with Crippen molar-refractivity contribution in [1.82, 2.24) is 0 Å². The van der Waals surface area contributed by atoms with Crippen molar-refractivity contribution in [2.45, 2.75) is 11.1 Å². The van der Waals surface area contributed by atoms with E-state index in [9.17, 15) is 26.4 Å². The maximum absolute atomic E-state index is 13.3. The molecule has 0 aliphatic rings. The van der Waals surface area contributed by atoms with Crippen LogP contribution in [0.1, 0.15) is 15.9 Å². The molecule has 0 fully saturated rings. The first kappa shape index (κ1) is 33.3. The summed E-state index contributed by atoms with van der Waals surface area (Å²) in [7, 11) is -1.11. The summed E-state index contributed by atoms with van der Waals surface area (Å²) in [6, 6.07) is 16.7. The number of phenolic OH excluding ortho intramolecular Hbond substituents is 1. The van der Waals surface area contributed by atoms with E-state index in [1.165, 1.54) is 32.4 Å². The van der Waals surface area contributed by atoms with Gasteiger partial charge in [0.2, 0.25) is 10.0 Å². The summed E-state index contributed by atoms with van der Waals surface area (Å²) in [5, 5.41) is 16.2. The maximum Gasteiger partial charge on any atom is 0.416 e. The highest BCUT2D eigenvalue weighted by molar-refractivity contribution is 7.89. The first-order chi connectivity index (χ1) is 20.1. The lowest BCUT2D eigenvalue weighted by Gasteiger charge is -2.16. The van der Waals surface area contributed by atoms with E-state index in [0.29, 0.717) is 17.6 Å². The van der Waals surface area contributed by atoms with Crippen molar-refractivity contribution in [3.63, 3.8) is 0 Å². The molecule has 0 spiro atoms. The highest BCUT2D eigenvalue weighted by Crippen LogP contribution is 2.37. The number of para-hydroxylation sites is 2. The number of carbonyl (C=O) groups is 1. The number of benzene rings is 4. The summed E-state index contributed by atoms with van der Waals surface area (Å²) >= 11 is 12.1. The van der Waals surface area contributed by atoms with E-state index < -0.39 is 33.2 Å². The SMILES string of the molecule is COc1ccc(Oc2ccc(C(F)(F)F)cc2C(=O)Nc2ccc(S(N)(=O)=O)cc2Cl)c(Cl)c1.COc1ccccc1O. The number of halogens is 5. The van der Waals surface area contributed by atoms with Gasteiger partial charge in [-0.2, -0.15) is 13.2 Å². The summed E-state index contributed by atoms with van der Waals surface area (Å²) < 4.78 is 78.2. The number of nitrogens with one attached hydrogen (secondary N) is 1. The lowest BCUT2D eigenvalue weighted by atomic mass is 10.1. The molecule has 0 heterocycles. The van der Waals surface area contributed by atoms with Crippen LogP contribution in [0.2, 0.25) is 10.0 Å². The molecule has 0 bridgehead atoms. The zero-order chi connectivity index (χ0) is 31.9. The monoisotopic (exact) mass is 658 g/mol. The van der Waals surface area contributed by atoms with Crippen LogP contribution in [0.15, 0.2) is 83.8 Å². The number of hydrogen-bond acceptors (Lipinski definition) is 7. The van der Waals surface area contributed by atoms with Gasteiger partial charge in [-0.1, -0.05) is 35.3 Å². The molecule has 0 atom stereocenters. The second-order valence-corrected chi connectivity index (χ2v) is 10.8. The van der Waals surface area contributed by atoms with Gasteiger partial charge < -0.3 is 24.6 Å². The number of amides is 1. The highest BCUT2D eigenvalue weighted by Gasteiger charge is 2.32. The molecule has 4 N–H and O–H groups in total. The summed E-state index contributed by atoms with van der Waals surface area (Å²) in [4.78, 5) is 12.6. The molecule has 0 unspecified atom stereocenters. The predicted octanol–water partition coefficient (Wildman–Crippen LogP) is 7.11. The van der Waals surface area contributed by atoms with Crippen LogP contribution < -0.4 is 24.7 Å². The molecule has 15 heteroatoms. The van der Waals surface area contributed by atoms with E-state index in [1.807, 2.05) is 0 Å². The van der Waals surface area contributed by atoms with Gasteiger partial charge >= 0.3 is 6.18 Å². The number of aromatic hydroxyl groups is 1. The Morgan fingerprint density at radius 2 is 1.53 bits per heavy atom. The van der Waals surface area contributed by atoms with E-state index in [-0.39, 0.29) is 37.9 Å². The first-order valence-corrected chi connectivity index (χ1v) is 14.1. The Hall–Kier alpha value is -4.17. The van der Waals surface area contributed by atoms with Gasteiger partial charge in [-0.15, -0.1) is 0 Å². The molecule has 4 aromatic rings. The van der Waals surface area contributed by atoms with Crippen LogP contribution in [0.25, 0.3) is 0 Å². The smallest absolute Gasteiger partial charge is 0.416 e. The normalized spacial score (nSPS) is 11.2. The first-order valence-electron chi connectivity index (χ1n) is 11.8. The number of sulfonamides is 1. The summed E-state index contributed by atoms with van der Waals surface area (Å²) in [5.41, 5.74) is -1.64. The quantitative estimate of drug-likeness (QED) is 0.192. The number of methoxy groups -OCH3 is 2. The molecule has 0 aromatic heterocycles. The zero-order valence-corrected chi connectivity index (χ0v) is 24.6. The largest absolute Gasteiger partial charge is 0.504 e. The summed E-state index contributed by atoms with van der Waals surface area (Å²) in [5.74, 6) is -0.0598. The fraction of sp³-hybridized carbons (Fsp3) is 0.107. The number of hydrogen-bond donors (Lipinski definition) is 3. The Kier molecular flexibility index (Phi) is 10.8. The van der Waals surface area contributed by atoms with Crippen molar-refractivity contribution in [3.05, 3.63) is 100 Å². The van der Waals surface area contributed by atoms with Crippen LogP contribution in [-0.2, 0) is 16.2 Å². The van der Waals surface area contributed by atoms with Crippen LogP contribution in [0.3, 0.4) is 0 Å². The third kappa shape index (κ3) is 8.91. The molecule has 4 aromatic carbocycles. The molecular formula is C28H23Cl2F3N2O7S. The van der Waals surface area contributed by atoms with Gasteiger partial charge in [-0.05, 0) is 60.7 Å². The number of nitrogens with two attached hydrogens (primary N) is 1. The minimum Gasteiger partial charge on any atom is -0.504 e. The Morgan fingerprint density at radius 3 is 2.07 bits per heavy atom. The predicted molar refractivity (Wildman–Crippen MR) is 155 cm³/mol. The second-order valence-electron chi connectivity index (χ2n) is 8.42. The van der Waals surface area contributed by atoms with Crippen LogP contribution in [-0.4, -0.2) is 33.7 Å². The van der Waals surface area contributed by atoms with Crippen molar-refractivity contribution in [2.75, 3.05) is 19.5 Å². The highest BCUT2D eigenvalue weighted by atomic mass is 35.5. The molecule has 0 saturated heterocycles. The Balaban J connectivity index is 0.000000480. The van der Waals surface area contributed by atoms with Crippen molar-refractivity contribution < 1.29 is 45.7 Å². The van der Waals surface area contributed by atoms with E-state index in [0.717, 1.165) is 30.3 Å². The second kappa shape index (κ2) is 13.9. The number of carbonyl (C=O) groups excluding carboxylic acids is 1. The van der Waals surface area contributed by atoms with Gasteiger partial charge in [0.25, 0.3) is 5.91 Å². The van der Waals surface area contributed by atoms with Gasteiger partial charge in [0.15, 0.2) is 11.5 Å². The number of phenols is 1. The lowest BCUT2D eigenvalue weighted by Crippen LogP contribution is -2.16. The molecule has 4 rings (SSSR count). The number of primary sulfonamides is 1. The van der Waals surface area contributed by atoms with Gasteiger partial charge in [0, 0.05) is 6.07 Å². The zero-order valence-electron chi connectivity index (χ0n) is 22.3. The van der Waals surface area contributed by atoms with Crippen LogP contribution in [0, 0.1) is 0 Å². The number of rotatable bonds is 7. The van der Waals surface area contributed by atoms with Gasteiger partial charge in [0.05, 0.1) is 46.0 Å². The maximum atomic E-state index is 13.3. The van der Waals surface area contributed by atoms with E-state index in [4.69, 9.17) is 47.7 Å². The van der Waals surface area contributed by atoms with Gasteiger partial charge in [0.1, 0.15) is 17.2 Å². The molecule has 0 aliphatic heterocycles. The molecule has 228 valence electrons. The molecule has 0 saturated carbocycles. The minimum absolute atomic E-state index is 0.0619. The molecule has 43 heavy (non-hydrogen) atoms. The summed E-state index contributed by atoms with van der Waals surface area (Å²) in [6.45, 7) is 0. The average molecular weight is 659 g/mol. The van der Waals surface area contributed by atoms with Crippen molar-refractivity contribution in [1.29, 1.82) is 0 Å². The van der Waals surface area contributed by atoms with Crippen molar-refractivity contribution in [3.8, 4) is 28.7 Å². The fourth-order valence-electron chi connectivity index (χ4n) is 3.38. The third-order valence-electron chi connectivity index (χ3n) is 5.51. The number of alkyl halides is 3. The van der Waals surface area contributed by atoms with E-state index in [2.05, 4.69) is 5.32 Å². The van der Waals surface area contributed by atoms with Crippen LogP contribution in [0.4, 0.5) is 18.9 Å². The average Bonchev–Trinajstić information content (AvgIpc) is 2.94.